The summed E-state index contributed by atoms with van der Waals surface area (Å²) >= 11 is 0. The molecule has 0 aromatic heterocycles. The van der Waals surface area contributed by atoms with Crippen LogP contribution in [0, 0.1) is 5.92 Å². The number of ether oxygens (including phenoxy) is 1. The number of carbonyl (C=O) groups excluding carboxylic acids is 1. The highest BCUT2D eigenvalue weighted by molar-refractivity contribution is 6.74. The van der Waals surface area contributed by atoms with Crippen molar-refractivity contribution in [2.75, 3.05) is 0 Å². The van der Waals surface area contributed by atoms with Crippen LogP contribution in [0.3, 0.4) is 0 Å². The Bertz CT molecular complexity index is 553. The van der Waals surface area contributed by atoms with E-state index < -0.39 is 8.32 Å². The fourth-order valence-electron chi connectivity index (χ4n) is 5.37. The van der Waals surface area contributed by atoms with Gasteiger partial charge in [0, 0.05) is 0 Å². The van der Waals surface area contributed by atoms with Gasteiger partial charge in [0.1, 0.15) is 11.5 Å². The molecule has 2 aliphatic rings. The maximum Gasteiger partial charge on any atom is 0.316 e. The zero-order chi connectivity index (χ0) is 23.7. The molecule has 1 saturated carbocycles. The molecular weight excluding hydrogens is 412 g/mol. The lowest BCUT2D eigenvalue weighted by Crippen LogP contribution is -2.59. The second kappa shape index (κ2) is 12.9. The van der Waals surface area contributed by atoms with Crippen molar-refractivity contribution in [3.63, 3.8) is 0 Å². The fraction of sp³-hybridized carbons (Fsp3) is 0.964. The number of hydrogen-bond donors (Lipinski definition) is 0. The van der Waals surface area contributed by atoms with E-state index in [4.69, 9.17) is 9.16 Å². The molecule has 1 heterocycles. The summed E-state index contributed by atoms with van der Waals surface area (Å²) < 4.78 is 12.4. The van der Waals surface area contributed by atoms with E-state index in [-0.39, 0.29) is 28.6 Å². The largest absolute Gasteiger partial charge is 0.458 e. The first-order valence-corrected chi connectivity index (χ1v) is 16.9. The van der Waals surface area contributed by atoms with Crippen molar-refractivity contribution in [2.24, 2.45) is 5.92 Å². The highest BCUT2D eigenvalue weighted by atomic mass is 28.4. The molecule has 0 spiro atoms. The van der Waals surface area contributed by atoms with Crippen molar-refractivity contribution in [1.82, 2.24) is 0 Å². The van der Waals surface area contributed by atoms with Crippen LogP contribution in [0.4, 0.5) is 0 Å². The molecule has 32 heavy (non-hydrogen) atoms. The molecule has 0 N–H and O–H groups in total. The van der Waals surface area contributed by atoms with Gasteiger partial charge in [-0.25, -0.2) is 0 Å². The Balaban J connectivity index is 1.54. The third kappa shape index (κ3) is 7.86. The zero-order valence-electron chi connectivity index (χ0n) is 22.4. The summed E-state index contributed by atoms with van der Waals surface area (Å²) in [6.45, 7) is 13.7. The Morgan fingerprint density at radius 1 is 0.875 bits per heavy atom. The molecule has 0 bridgehead atoms. The lowest BCUT2D eigenvalue weighted by Gasteiger charge is -2.47. The first-order chi connectivity index (χ1) is 15.1. The molecule has 1 aliphatic carbocycles. The van der Waals surface area contributed by atoms with Crippen molar-refractivity contribution in [2.45, 2.75) is 167 Å². The molecule has 188 valence electrons. The highest BCUT2D eigenvalue weighted by Gasteiger charge is 2.64. The third-order valence-electron chi connectivity index (χ3n) is 8.55. The minimum Gasteiger partial charge on any atom is -0.458 e. The number of esters is 1. The van der Waals surface area contributed by atoms with Crippen LogP contribution in [0.15, 0.2) is 0 Å². The van der Waals surface area contributed by atoms with Crippen LogP contribution in [-0.2, 0) is 14.0 Å². The van der Waals surface area contributed by atoms with Crippen LogP contribution in [0.25, 0.3) is 0 Å². The van der Waals surface area contributed by atoms with Gasteiger partial charge in [-0.05, 0) is 43.8 Å². The average molecular weight is 467 g/mol. The summed E-state index contributed by atoms with van der Waals surface area (Å²) in [5.41, 5.74) is -0.193. The predicted octanol–water partition coefficient (Wildman–Crippen LogP) is 8.95. The number of carbonyl (C=O) groups is 1. The molecule has 0 unspecified atom stereocenters. The van der Waals surface area contributed by atoms with E-state index in [0.29, 0.717) is 0 Å². The van der Waals surface area contributed by atoms with Gasteiger partial charge in [0.25, 0.3) is 0 Å². The highest BCUT2D eigenvalue weighted by Crippen LogP contribution is 2.53. The van der Waals surface area contributed by atoms with Crippen molar-refractivity contribution in [1.29, 1.82) is 0 Å². The molecule has 3 nitrogen and oxygen atoms in total. The molecule has 2 fully saturated rings. The van der Waals surface area contributed by atoms with Gasteiger partial charge in [0.2, 0.25) is 0 Å². The van der Waals surface area contributed by atoms with E-state index in [1.165, 1.54) is 89.9 Å². The van der Waals surface area contributed by atoms with Gasteiger partial charge < -0.3 is 9.16 Å². The van der Waals surface area contributed by atoms with Gasteiger partial charge in [0.05, 0.1) is 6.10 Å². The van der Waals surface area contributed by atoms with Crippen molar-refractivity contribution in [3.05, 3.63) is 0 Å². The average Bonchev–Trinajstić information content (AvgIpc) is 2.98. The lowest BCUT2D eigenvalue weighted by atomic mass is 9.80. The van der Waals surface area contributed by atoms with E-state index >= 15 is 0 Å². The lowest BCUT2D eigenvalue weighted by molar-refractivity contribution is -0.214. The maximum atomic E-state index is 12.3. The van der Waals surface area contributed by atoms with Crippen LogP contribution >= 0.6 is 0 Å². The summed E-state index contributed by atoms with van der Waals surface area (Å²) in [6.07, 6.45) is 22.4. The van der Waals surface area contributed by atoms with E-state index in [0.717, 1.165) is 19.3 Å². The van der Waals surface area contributed by atoms with Gasteiger partial charge in [-0.1, -0.05) is 111 Å². The van der Waals surface area contributed by atoms with E-state index in [9.17, 15) is 4.79 Å². The minimum atomic E-state index is -1.85. The van der Waals surface area contributed by atoms with Crippen molar-refractivity contribution >= 4 is 14.3 Å². The Kier molecular flexibility index (Phi) is 11.3. The number of unbranched alkanes of at least 4 members (excludes halogenated alkanes) is 13. The molecule has 0 aromatic carbocycles. The molecule has 0 amide bonds. The Labute approximate surface area is 200 Å². The van der Waals surface area contributed by atoms with Gasteiger partial charge in [-0.15, -0.1) is 0 Å². The third-order valence-corrected chi connectivity index (χ3v) is 13.1. The summed E-state index contributed by atoms with van der Waals surface area (Å²) in [4.78, 5) is 12.3. The molecule has 0 radical (unpaired) electrons. The van der Waals surface area contributed by atoms with Crippen LogP contribution in [0.2, 0.25) is 18.1 Å². The molecule has 1 saturated heterocycles. The molecule has 3 atom stereocenters. The quantitative estimate of drug-likeness (QED) is 0.122. The van der Waals surface area contributed by atoms with E-state index in [1.807, 2.05) is 0 Å². The standard InChI is InChI=1S/C28H54O3Si/c1-7-8-9-10-11-12-13-14-15-16-17-18-19-20-22-28-23-21-24(25(28)26(29)30-28)31-32(5,6)27(2,3)4/h24-25H,7-23H2,1-6H3/t24-,25-,28-/m0/s1. The molecule has 4 heteroatoms. The molecule has 0 aromatic rings. The van der Waals surface area contributed by atoms with E-state index in [2.05, 4.69) is 40.8 Å². The second-order valence-electron chi connectivity index (χ2n) is 12.3. The van der Waals surface area contributed by atoms with Crippen LogP contribution in [0.1, 0.15) is 137 Å². The van der Waals surface area contributed by atoms with Gasteiger partial charge in [0.15, 0.2) is 8.32 Å². The van der Waals surface area contributed by atoms with Gasteiger partial charge in [-0.3, -0.25) is 4.79 Å². The smallest absolute Gasteiger partial charge is 0.316 e. The summed E-state index contributed by atoms with van der Waals surface area (Å²) in [5.74, 6) is -0.00447. The topological polar surface area (TPSA) is 35.5 Å². The monoisotopic (exact) mass is 466 g/mol. The first-order valence-electron chi connectivity index (χ1n) is 14.0. The minimum absolute atomic E-state index is 0.00130. The van der Waals surface area contributed by atoms with Crippen LogP contribution in [-0.4, -0.2) is 26.0 Å². The maximum absolute atomic E-state index is 12.3. The second-order valence-corrected chi connectivity index (χ2v) is 17.0. The summed E-state index contributed by atoms with van der Waals surface area (Å²) in [6, 6.07) is 0. The van der Waals surface area contributed by atoms with Gasteiger partial charge in [-0.2, -0.15) is 0 Å². The molecular formula is C28H54O3Si. The first kappa shape index (κ1) is 27.9. The van der Waals surface area contributed by atoms with Crippen LogP contribution < -0.4 is 0 Å². The summed E-state index contributed by atoms with van der Waals surface area (Å²) in [5, 5.41) is 0.181. The molecule has 2 rings (SSSR count). The van der Waals surface area contributed by atoms with Crippen LogP contribution in [0.5, 0.6) is 0 Å². The van der Waals surface area contributed by atoms with Crippen molar-refractivity contribution < 1.29 is 14.0 Å². The Morgan fingerprint density at radius 3 is 1.78 bits per heavy atom. The van der Waals surface area contributed by atoms with Crippen molar-refractivity contribution in [3.8, 4) is 0 Å². The zero-order valence-corrected chi connectivity index (χ0v) is 23.4. The Hall–Kier alpha value is -0.353. The predicted molar refractivity (Wildman–Crippen MR) is 139 cm³/mol. The number of hydrogen-bond acceptors (Lipinski definition) is 3. The molecule has 1 aliphatic heterocycles. The SMILES string of the molecule is CCCCCCCCCCCCCCCC[C@]12CC[C@H](O[Si](C)(C)C(C)(C)C)[C@H]1C(=O)O2. The normalized spacial score (nSPS) is 25.5. The van der Waals surface area contributed by atoms with E-state index in [1.54, 1.807) is 0 Å². The fourth-order valence-corrected chi connectivity index (χ4v) is 6.73. The van der Waals surface area contributed by atoms with Gasteiger partial charge >= 0.3 is 5.97 Å². The Morgan fingerprint density at radius 2 is 1.34 bits per heavy atom. The number of fused-ring (bicyclic) bond motifs is 1. The summed E-state index contributed by atoms with van der Waals surface area (Å²) in [7, 11) is -1.85. The number of rotatable bonds is 17.